The molecule has 0 amide bonds. The molecule has 1 heterocycles. The summed E-state index contributed by atoms with van der Waals surface area (Å²) in [5, 5.41) is 6.54. The number of nitrogens with two attached hydrogens (primary N) is 1. The van der Waals surface area contributed by atoms with Crippen LogP contribution in [0.2, 0.25) is 0 Å². The van der Waals surface area contributed by atoms with E-state index in [9.17, 15) is 4.79 Å². The monoisotopic (exact) mass is 226 g/mol. The first-order valence-electron chi connectivity index (χ1n) is 5.31. The minimum atomic E-state index is -0.322. The van der Waals surface area contributed by atoms with Gasteiger partial charge >= 0.3 is 6.01 Å². The number of anilines is 2. The molecule has 0 aliphatic carbocycles. The molecule has 6 nitrogen and oxygen atoms in total. The van der Waals surface area contributed by atoms with Crippen molar-refractivity contribution < 1.29 is 9.32 Å². The van der Waals surface area contributed by atoms with Gasteiger partial charge in [-0.15, -0.1) is 0 Å². The molecule has 0 saturated heterocycles. The van der Waals surface area contributed by atoms with Crippen molar-refractivity contribution in [3.63, 3.8) is 0 Å². The normalized spacial score (nSPS) is 13.1. The number of nitrogens with zero attached hydrogens (tertiary/aromatic N) is 2. The maximum absolute atomic E-state index is 11.9. The van der Waals surface area contributed by atoms with Crippen molar-refractivity contribution in [1.29, 1.82) is 0 Å². The average Bonchev–Trinajstić information content (AvgIpc) is 2.59. The Balaban J connectivity index is 2.76. The fourth-order valence-electron chi connectivity index (χ4n) is 1.36. The molecule has 90 valence electrons. The number of rotatable bonds is 5. The third kappa shape index (κ3) is 2.95. The summed E-state index contributed by atoms with van der Waals surface area (Å²) in [4.78, 5) is 15.7. The Morgan fingerprint density at radius 2 is 2.00 bits per heavy atom. The summed E-state index contributed by atoms with van der Waals surface area (Å²) in [5.74, 6) is 0.488. The van der Waals surface area contributed by atoms with E-state index in [1.165, 1.54) is 0 Å². The van der Waals surface area contributed by atoms with E-state index in [2.05, 4.69) is 20.0 Å². The fourth-order valence-corrected chi connectivity index (χ4v) is 1.36. The lowest BCUT2D eigenvalue weighted by molar-refractivity contribution is -0.123. The third-order valence-corrected chi connectivity index (χ3v) is 2.27. The standard InChI is InChI=1S/C10H18N4O2/c1-5(2)7(8(15)6(3)4)12-10-13-9(11)16-14-10/h5-7H,1-4H3,(H3,11,12,13,14)/t7-/m0/s1. The number of carbonyl (C=O) groups excluding carboxylic acids is 1. The van der Waals surface area contributed by atoms with Gasteiger partial charge in [-0.1, -0.05) is 27.7 Å². The molecule has 16 heavy (non-hydrogen) atoms. The quantitative estimate of drug-likeness (QED) is 0.786. The van der Waals surface area contributed by atoms with Gasteiger partial charge in [0.15, 0.2) is 5.78 Å². The van der Waals surface area contributed by atoms with Gasteiger partial charge in [-0.05, 0) is 11.1 Å². The van der Waals surface area contributed by atoms with Crippen molar-refractivity contribution >= 4 is 17.7 Å². The van der Waals surface area contributed by atoms with Crippen LogP contribution in [0.1, 0.15) is 27.7 Å². The van der Waals surface area contributed by atoms with Crippen LogP contribution in [-0.4, -0.2) is 22.0 Å². The Morgan fingerprint density at radius 3 is 2.38 bits per heavy atom. The molecule has 0 saturated carbocycles. The van der Waals surface area contributed by atoms with Crippen LogP contribution in [0.4, 0.5) is 12.0 Å². The highest BCUT2D eigenvalue weighted by Gasteiger charge is 2.25. The summed E-state index contributed by atoms with van der Waals surface area (Å²) < 4.78 is 4.63. The molecule has 0 aliphatic heterocycles. The van der Waals surface area contributed by atoms with Crippen LogP contribution in [0, 0.1) is 11.8 Å². The highest BCUT2D eigenvalue weighted by molar-refractivity contribution is 5.88. The van der Waals surface area contributed by atoms with E-state index in [1.54, 1.807) is 0 Å². The Kier molecular flexibility index (Phi) is 3.87. The lowest BCUT2D eigenvalue weighted by Crippen LogP contribution is -2.37. The molecular formula is C10H18N4O2. The van der Waals surface area contributed by atoms with Crippen LogP contribution >= 0.6 is 0 Å². The van der Waals surface area contributed by atoms with E-state index in [4.69, 9.17) is 5.73 Å². The molecule has 0 aliphatic rings. The van der Waals surface area contributed by atoms with Crippen LogP contribution in [0.25, 0.3) is 0 Å². The van der Waals surface area contributed by atoms with Crippen LogP contribution in [0.3, 0.4) is 0 Å². The number of nitrogens with one attached hydrogen (secondary N) is 1. The van der Waals surface area contributed by atoms with Gasteiger partial charge in [0.25, 0.3) is 5.95 Å². The van der Waals surface area contributed by atoms with Gasteiger partial charge < -0.3 is 15.6 Å². The molecule has 0 aromatic carbocycles. The lowest BCUT2D eigenvalue weighted by atomic mass is 9.93. The zero-order chi connectivity index (χ0) is 12.3. The number of ketones is 1. The number of hydrogen-bond donors (Lipinski definition) is 2. The van der Waals surface area contributed by atoms with Gasteiger partial charge in [0.05, 0.1) is 6.04 Å². The predicted molar refractivity (Wildman–Crippen MR) is 60.8 cm³/mol. The second-order valence-electron chi connectivity index (χ2n) is 4.38. The topological polar surface area (TPSA) is 94.0 Å². The third-order valence-electron chi connectivity index (χ3n) is 2.27. The molecule has 0 spiro atoms. The van der Waals surface area contributed by atoms with E-state index in [0.29, 0.717) is 0 Å². The average molecular weight is 226 g/mol. The molecule has 1 atom stereocenters. The second-order valence-corrected chi connectivity index (χ2v) is 4.38. The molecule has 3 N–H and O–H groups in total. The van der Waals surface area contributed by atoms with Gasteiger partial charge in [0.1, 0.15) is 0 Å². The van der Waals surface area contributed by atoms with Crippen molar-refractivity contribution in [2.45, 2.75) is 33.7 Å². The van der Waals surface area contributed by atoms with Crippen molar-refractivity contribution in [1.82, 2.24) is 10.1 Å². The summed E-state index contributed by atoms with van der Waals surface area (Å²) in [6.45, 7) is 7.65. The van der Waals surface area contributed by atoms with Crippen LogP contribution in [-0.2, 0) is 4.79 Å². The van der Waals surface area contributed by atoms with E-state index >= 15 is 0 Å². The van der Waals surface area contributed by atoms with E-state index < -0.39 is 0 Å². The van der Waals surface area contributed by atoms with Crippen LogP contribution in [0.5, 0.6) is 0 Å². The molecule has 0 fully saturated rings. The molecule has 1 aromatic heterocycles. The molecule has 0 bridgehead atoms. The first kappa shape index (κ1) is 12.5. The molecule has 1 rings (SSSR count). The van der Waals surface area contributed by atoms with Crippen molar-refractivity contribution in [2.75, 3.05) is 11.1 Å². The summed E-state index contributed by atoms with van der Waals surface area (Å²) in [7, 11) is 0. The van der Waals surface area contributed by atoms with Crippen molar-refractivity contribution in [2.24, 2.45) is 11.8 Å². The van der Waals surface area contributed by atoms with Crippen LogP contribution < -0.4 is 11.1 Å². The first-order valence-corrected chi connectivity index (χ1v) is 5.31. The number of carbonyl (C=O) groups is 1. The number of aromatic nitrogens is 2. The maximum atomic E-state index is 11.9. The zero-order valence-corrected chi connectivity index (χ0v) is 10.0. The molecule has 0 radical (unpaired) electrons. The molecule has 1 aromatic rings. The highest BCUT2D eigenvalue weighted by atomic mass is 16.5. The minimum absolute atomic E-state index is 0.0120. The first-order chi connectivity index (χ1) is 7.41. The van der Waals surface area contributed by atoms with Crippen LogP contribution in [0.15, 0.2) is 4.52 Å². The van der Waals surface area contributed by atoms with Gasteiger partial charge in [0.2, 0.25) is 0 Å². The predicted octanol–water partition coefficient (Wildman–Crippen LogP) is 1.31. The minimum Gasteiger partial charge on any atom is -0.351 e. The van der Waals surface area contributed by atoms with Gasteiger partial charge in [-0.2, -0.15) is 4.98 Å². The van der Waals surface area contributed by atoms with Gasteiger partial charge in [-0.25, -0.2) is 0 Å². The summed E-state index contributed by atoms with van der Waals surface area (Å²) in [5.41, 5.74) is 5.30. The smallest absolute Gasteiger partial charge is 0.320 e. The van der Waals surface area contributed by atoms with Gasteiger partial charge in [0, 0.05) is 5.92 Å². The Labute approximate surface area is 94.6 Å². The Hall–Kier alpha value is -1.59. The molecule has 6 heteroatoms. The van der Waals surface area contributed by atoms with Crippen molar-refractivity contribution in [3.8, 4) is 0 Å². The number of hydrogen-bond acceptors (Lipinski definition) is 6. The van der Waals surface area contributed by atoms with E-state index in [-0.39, 0.29) is 35.6 Å². The van der Waals surface area contributed by atoms with Crippen molar-refractivity contribution in [3.05, 3.63) is 0 Å². The molecular weight excluding hydrogens is 208 g/mol. The van der Waals surface area contributed by atoms with Gasteiger partial charge in [-0.3, -0.25) is 4.79 Å². The fraction of sp³-hybridized carbons (Fsp3) is 0.700. The number of nitrogen functional groups attached to an aromatic ring is 1. The van der Waals surface area contributed by atoms with E-state index in [1.807, 2.05) is 27.7 Å². The lowest BCUT2D eigenvalue weighted by Gasteiger charge is -2.21. The maximum Gasteiger partial charge on any atom is 0.320 e. The zero-order valence-electron chi connectivity index (χ0n) is 10.0. The summed E-state index contributed by atoms with van der Waals surface area (Å²) in [6.07, 6.45) is 0. The molecule has 0 unspecified atom stereocenters. The second kappa shape index (κ2) is 4.96. The Bertz CT molecular complexity index is 359. The summed E-state index contributed by atoms with van der Waals surface area (Å²) in [6, 6.07) is -0.334. The highest BCUT2D eigenvalue weighted by Crippen LogP contribution is 2.14. The number of Topliss-reactive ketones (excluding diaryl/α,β-unsaturated/α-hetero) is 1. The summed E-state index contributed by atoms with van der Waals surface area (Å²) >= 11 is 0. The SMILES string of the molecule is CC(C)C(=O)[C@@H](Nc1noc(N)n1)C(C)C. The Morgan fingerprint density at radius 1 is 1.38 bits per heavy atom. The van der Waals surface area contributed by atoms with E-state index in [0.717, 1.165) is 0 Å². The largest absolute Gasteiger partial charge is 0.351 e.